The number of morpholine rings is 1. The van der Waals surface area contributed by atoms with Crippen molar-refractivity contribution < 1.29 is 9.53 Å². The molecule has 2 amide bonds. The van der Waals surface area contributed by atoms with Crippen LogP contribution in [0.15, 0.2) is 48.5 Å². The molecule has 2 aromatic rings. The van der Waals surface area contributed by atoms with E-state index < -0.39 is 0 Å². The van der Waals surface area contributed by atoms with Crippen LogP contribution in [0.2, 0.25) is 0 Å². The summed E-state index contributed by atoms with van der Waals surface area (Å²) in [4.78, 5) is 14.7. The smallest absolute Gasteiger partial charge is 0.315 e. The predicted molar refractivity (Wildman–Crippen MR) is 112 cm³/mol. The van der Waals surface area contributed by atoms with Gasteiger partial charge in [0.15, 0.2) is 0 Å². The molecule has 0 aromatic heterocycles. The molecule has 2 N–H and O–H groups in total. The number of benzene rings is 2. The first-order chi connectivity index (χ1) is 13.6. The van der Waals surface area contributed by atoms with E-state index in [1.54, 1.807) is 0 Å². The van der Waals surface area contributed by atoms with E-state index in [0.717, 1.165) is 50.4 Å². The second-order valence-electron chi connectivity index (χ2n) is 7.40. The van der Waals surface area contributed by atoms with Gasteiger partial charge in [-0.3, -0.25) is 4.90 Å². The maximum Gasteiger partial charge on any atom is 0.315 e. The van der Waals surface area contributed by atoms with Crippen molar-refractivity contribution in [3.63, 3.8) is 0 Å². The Morgan fingerprint density at radius 1 is 1.04 bits per heavy atom. The van der Waals surface area contributed by atoms with Crippen molar-refractivity contribution in [2.45, 2.75) is 39.4 Å². The average Bonchev–Trinajstić information content (AvgIpc) is 2.73. The molecule has 1 unspecified atom stereocenters. The Kier molecular flexibility index (Phi) is 7.46. The first-order valence-corrected chi connectivity index (χ1v) is 10.1. The van der Waals surface area contributed by atoms with Crippen molar-refractivity contribution in [3.8, 4) is 0 Å². The van der Waals surface area contributed by atoms with Crippen molar-refractivity contribution >= 4 is 6.03 Å². The maximum absolute atomic E-state index is 12.3. The minimum Gasteiger partial charge on any atom is -0.379 e. The second-order valence-corrected chi connectivity index (χ2v) is 7.40. The standard InChI is InChI=1S/C23H31N3O2/c1-3-22(21-10-4-18(2)5-11-21)25-23(27)24-16-19-6-8-20(9-7-19)17-26-12-14-28-15-13-26/h4-11,22H,3,12-17H2,1-2H3,(H2,24,25,27). The minimum absolute atomic E-state index is 0.0245. The molecule has 0 saturated carbocycles. The lowest BCUT2D eigenvalue weighted by Crippen LogP contribution is -2.37. The van der Waals surface area contributed by atoms with Crippen LogP contribution in [0.3, 0.4) is 0 Å². The zero-order valence-electron chi connectivity index (χ0n) is 16.9. The van der Waals surface area contributed by atoms with Gasteiger partial charge in [0, 0.05) is 26.2 Å². The topological polar surface area (TPSA) is 53.6 Å². The summed E-state index contributed by atoms with van der Waals surface area (Å²) in [5.74, 6) is 0. The van der Waals surface area contributed by atoms with Crippen molar-refractivity contribution in [1.29, 1.82) is 0 Å². The Hall–Kier alpha value is -2.37. The molecule has 1 saturated heterocycles. The fourth-order valence-corrected chi connectivity index (χ4v) is 3.39. The van der Waals surface area contributed by atoms with Gasteiger partial charge in [-0.1, -0.05) is 61.0 Å². The van der Waals surface area contributed by atoms with Crippen LogP contribution >= 0.6 is 0 Å². The zero-order chi connectivity index (χ0) is 19.8. The van der Waals surface area contributed by atoms with Crippen LogP contribution in [0, 0.1) is 6.92 Å². The van der Waals surface area contributed by atoms with Gasteiger partial charge in [0.2, 0.25) is 0 Å². The lowest BCUT2D eigenvalue weighted by Gasteiger charge is -2.26. The van der Waals surface area contributed by atoms with Crippen molar-refractivity contribution in [2.75, 3.05) is 26.3 Å². The highest BCUT2D eigenvalue weighted by Gasteiger charge is 2.13. The van der Waals surface area contributed by atoms with Crippen LogP contribution in [0.4, 0.5) is 4.79 Å². The fourth-order valence-electron chi connectivity index (χ4n) is 3.39. The fraction of sp³-hybridized carbons (Fsp3) is 0.435. The minimum atomic E-state index is -0.134. The van der Waals surface area contributed by atoms with Gasteiger partial charge in [-0.25, -0.2) is 4.79 Å². The largest absolute Gasteiger partial charge is 0.379 e. The highest BCUT2D eigenvalue weighted by atomic mass is 16.5. The third kappa shape index (κ3) is 6.08. The third-order valence-corrected chi connectivity index (χ3v) is 5.18. The molecular formula is C23H31N3O2. The van der Waals surface area contributed by atoms with Crippen LogP contribution in [0.25, 0.3) is 0 Å². The van der Waals surface area contributed by atoms with Crippen LogP contribution in [0.1, 0.15) is 41.6 Å². The molecule has 5 heteroatoms. The van der Waals surface area contributed by atoms with Gasteiger partial charge >= 0.3 is 6.03 Å². The number of ether oxygens (including phenoxy) is 1. The number of nitrogens with one attached hydrogen (secondary N) is 2. The third-order valence-electron chi connectivity index (χ3n) is 5.18. The Morgan fingerprint density at radius 3 is 2.32 bits per heavy atom. The number of hydrogen-bond acceptors (Lipinski definition) is 3. The molecule has 0 bridgehead atoms. The van der Waals surface area contributed by atoms with E-state index in [0.29, 0.717) is 6.54 Å². The summed E-state index contributed by atoms with van der Waals surface area (Å²) >= 11 is 0. The van der Waals surface area contributed by atoms with E-state index >= 15 is 0 Å². The number of urea groups is 1. The van der Waals surface area contributed by atoms with Gasteiger partial charge < -0.3 is 15.4 Å². The molecule has 1 atom stereocenters. The van der Waals surface area contributed by atoms with E-state index in [2.05, 4.69) is 77.9 Å². The van der Waals surface area contributed by atoms with Crippen LogP contribution in [0.5, 0.6) is 0 Å². The van der Waals surface area contributed by atoms with Crippen molar-refractivity contribution in [1.82, 2.24) is 15.5 Å². The molecule has 1 aliphatic heterocycles. The first kappa shape index (κ1) is 20.4. The molecule has 0 radical (unpaired) electrons. The Balaban J connectivity index is 1.46. The van der Waals surface area contributed by atoms with Gasteiger partial charge in [0.1, 0.15) is 0 Å². The van der Waals surface area contributed by atoms with Crippen molar-refractivity contribution in [3.05, 3.63) is 70.8 Å². The van der Waals surface area contributed by atoms with Gasteiger partial charge in [-0.05, 0) is 30.0 Å². The normalized spacial score (nSPS) is 15.8. The zero-order valence-corrected chi connectivity index (χ0v) is 16.9. The first-order valence-electron chi connectivity index (χ1n) is 10.1. The summed E-state index contributed by atoms with van der Waals surface area (Å²) in [5.41, 5.74) is 4.75. The van der Waals surface area contributed by atoms with E-state index in [4.69, 9.17) is 4.74 Å². The van der Waals surface area contributed by atoms with Gasteiger partial charge in [-0.15, -0.1) is 0 Å². The van der Waals surface area contributed by atoms with Crippen LogP contribution in [-0.2, 0) is 17.8 Å². The SMILES string of the molecule is CCC(NC(=O)NCc1ccc(CN2CCOCC2)cc1)c1ccc(C)cc1. The van der Waals surface area contributed by atoms with E-state index in [1.165, 1.54) is 11.1 Å². The molecule has 1 heterocycles. The summed E-state index contributed by atoms with van der Waals surface area (Å²) in [5, 5.41) is 6.04. The number of carbonyl (C=O) groups is 1. The van der Waals surface area contributed by atoms with E-state index in [-0.39, 0.29) is 12.1 Å². The Bertz CT molecular complexity index is 737. The lowest BCUT2D eigenvalue weighted by molar-refractivity contribution is 0.0342. The molecule has 28 heavy (non-hydrogen) atoms. The summed E-state index contributed by atoms with van der Waals surface area (Å²) in [7, 11) is 0. The number of nitrogens with zero attached hydrogens (tertiary/aromatic N) is 1. The average molecular weight is 382 g/mol. The van der Waals surface area contributed by atoms with Crippen molar-refractivity contribution in [2.24, 2.45) is 0 Å². The molecule has 1 aliphatic rings. The lowest BCUT2D eigenvalue weighted by atomic mass is 10.0. The molecule has 2 aromatic carbocycles. The highest BCUT2D eigenvalue weighted by molar-refractivity contribution is 5.74. The van der Waals surface area contributed by atoms with E-state index in [9.17, 15) is 4.79 Å². The van der Waals surface area contributed by atoms with E-state index in [1.807, 2.05) is 0 Å². The number of amides is 2. The van der Waals surface area contributed by atoms with Crippen LogP contribution < -0.4 is 10.6 Å². The molecule has 0 aliphatic carbocycles. The summed E-state index contributed by atoms with van der Waals surface area (Å²) < 4.78 is 5.39. The van der Waals surface area contributed by atoms with Gasteiger partial charge in [0.05, 0.1) is 19.3 Å². The van der Waals surface area contributed by atoms with Crippen LogP contribution in [-0.4, -0.2) is 37.2 Å². The Morgan fingerprint density at radius 2 is 1.68 bits per heavy atom. The molecule has 1 fully saturated rings. The molecule has 150 valence electrons. The number of hydrogen-bond donors (Lipinski definition) is 2. The molecule has 0 spiro atoms. The summed E-state index contributed by atoms with van der Waals surface area (Å²) in [6, 6.07) is 16.7. The Labute approximate surface area is 168 Å². The molecule has 3 rings (SSSR count). The predicted octanol–water partition coefficient (Wildman–Crippen LogP) is 3.78. The molecular weight excluding hydrogens is 350 g/mol. The second kappa shape index (κ2) is 10.2. The monoisotopic (exact) mass is 381 g/mol. The summed E-state index contributed by atoms with van der Waals surface area (Å²) in [6.45, 7) is 9.23. The quantitative estimate of drug-likeness (QED) is 0.767. The maximum atomic E-state index is 12.3. The van der Waals surface area contributed by atoms with Gasteiger partial charge in [0.25, 0.3) is 0 Å². The number of aryl methyl sites for hydroxylation is 1. The highest BCUT2D eigenvalue weighted by Crippen LogP contribution is 2.17. The molecule has 5 nitrogen and oxygen atoms in total. The summed E-state index contributed by atoms with van der Waals surface area (Å²) in [6.07, 6.45) is 0.854. The number of carbonyl (C=O) groups excluding carboxylic acids is 1. The number of rotatable bonds is 7. The van der Waals surface area contributed by atoms with Gasteiger partial charge in [-0.2, -0.15) is 0 Å².